The van der Waals surface area contributed by atoms with Crippen molar-refractivity contribution in [1.82, 2.24) is 9.21 Å². The summed E-state index contributed by atoms with van der Waals surface area (Å²) in [6, 6.07) is 20.8. The lowest BCUT2D eigenvalue weighted by molar-refractivity contribution is -0.132. The number of carbonyl (C=O) groups is 1. The molecule has 2 aromatic carbocycles. The van der Waals surface area contributed by atoms with Crippen molar-refractivity contribution < 1.29 is 13.2 Å². The minimum atomic E-state index is -3.83. The first-order valence-electron chi connectivity index (χ1n) is 11.9. The molecular formula is C28H36N2O3S2. The van der Waals surface area contributed by atoms with E-state index in [1.54, 1.807) is 28.4 Å². The summed E-state index contributed by atoms with van der Waals surface area (Å²) < 4.78 is 28.6. The van der Waals surface area contributed by atoms with Gasteiger partial charge < -0.3 is 4.90 Å². The molecule has 7 heteroatoms. The van der Waals surface area contributed by atoms with Crippen LogP contribution in [0.25, 0.3) is 0 Å². The number of hydrogen-bond acceptors (Lipinski definition) is 4. The summed E-state index contributed by atoms with van der Waals surface area (Å²) in [4.78, 5) is 16.6. The van der Waals surface area contributed by atoms with Crippen LogP contribution in [0.2, 0.25) is 0 Å². The second kappa shape index (κ2) is 11.5. The molecule has 0 atom stereocenters. The van der Waals surface area contributed by atoms with Crippen molar-refractivity contribution in [1.29, 1.82) is 0 Å². The first kappa shape index (κ1) is 27.1. The maximum atomic E-state index is 13.6. The lowest BCUT2D eigenvalue weighted by Gasteiger charge is -2.28. The highest BCUT2D eigenvalue weighted by Crippen LogP contribution is 2.25. The molecule has 0 aliphatic rings. The largest absolute Gasteiger partial charge is 0.332 e. The number of carbonyl (C=O) groups excluding carboxylic acids is 1. The Hall–Kier alpha value is -2.48. The molecule has 0 saturated heterocycles. The Labute approximate surface area is 214 Å². The molecule has 3 aromatic rings. The molecule has 0 bridgehead atoms. The van der Waals surface area contributed by atoms with Gasteiger partial charge in [-0.2, -0.15) is 4.31 Å². The number of hydrogen-bond donors (Lipinski definition) is 0. The van der Waals surface area contributed by atoms with Gasteiger partial charge >= 0.3 is 0 Å². The van der Waals surface area contributed by atoms with Crippen LogP contribution in [-0.4, -0.2) is 36.6 Å². The van der Waals surface area contributed by atoms with Gasteiger partial charge in [0.2, 0.25) is 15.9 Å². The zero-order valence-corrected chi connectivity index (χ0v) is 22.9. The molecule has 1 heterocycles. The zero-order valence-electron chi connectivity index (χ0n) is 21.3. The first-order valence-corrected chi connectivity index (χ1v) is 14.2. The summed E-state index contributed by atoms with van der Waals surface area (Å²) in [5.74, 6) is -0.135. The average Bonchev–Trinajstić information content (AvgIpc) is 3.31. The Bertz CT molecular complexity index is 1180. The monoisotopic (exact) mass is 512 g/mol. The van der Waals surface area contributed by atoms with Crippen molar-refractivity contribution in [2.45, 2.75) is 58.0 Å². The number of sulfonamides is 1. The van der Waals surface area contributed by atoms with E-state index in [0.29, 0.717) is 13.1 Å². The van der Waals surface area contributed by atoms with Crippen molar-refractivity contribution in [3.8, 4) is 0 Å². The molecule has 5 nitrogen and oxygen atoms in total. The third-order valence-electron chi connectivity index (χ3n) is 5.73. The summed E-state index contributed by atoms with van der Waals surface area (Å²) in [5, 5.41) is 1.98. The van der Waals surface area contributed by atoms with E-state index < -0.39 is 10.0 Å². The van der Waals surface area contributed by atoms with Gasteiger partial charge in [0.25, 0.3) is 0 Å². The van der Waals surface area contributed by atoms with Crippen LogP contribution in [0.3, 0.4) is 0 Å². The van der Waals surface area contributed by atoms with Crippen LogP contribution in [0, 0.1) is 5.92 Å². The molecule has 0 aliphatic carbocycles. The van der Waals surface area contributed by atoms with Gasteiger partial charge in [0.05, 0.1) is 18.0 Å². The van der Waals surface area contributed by atoms with Crippen molar-refractivity contribution in [3.05, 3.63) is 88.1 Å². The summed E-state index contributed by atoms with van der Waals surface area (Å²) in [6.07, 6.45) is 0. The molecule has 0 aliphatic heterocycles. The normalized spacial score (nSPS) is 12.3. The van der Waals surface area contributed by atoms with Crippen LogP contribution in [0.1, 0.15) is 50.6 Å². The van der Waals surface area contributed by atoms with E-state index in [1.165, 1.54) is 4.31 Å². The van der Waals surface area contributed by atoms with Gasteiger partial charge in [0.1, 0.15) is 0 Å². The molecule has 1 aromatic heterocycles. The van der Waals surface area contributed by atoms with Crippen LogP contribution in [0.4, 0.5) is 0 Å². The predicted molar refractivity (Wildman–Crippen MR) is 144 cm³/mol. The molecule has 188 valence electrons. The molecule has 1 amide bonds. The van der Waals surface area contributed by atoms with Crippen molar-refractivity contribution in [2.75, 3.05) is 13.1 Å². The van der Waals surface area contributed by atoms with Crippen LogP contribution < -0.4 is 0 Å². The Balaban J connectivity index is 1.87. The van der Waals surface area contributed by atoms with Gasteiger partial charge in [-0.1, -0.05) is 83.1 Å². The third kappa shape index (κ3) is 7.50. The minimum absolute atomic E-state index is 0.0738. The fourth-order valence-corrected chi connectivity index (χ4v) is 6.08. The predicted octanol–water partition coefficient (Wildman–Crippen LogP) is 5.92. The highest BCUT2D eigenvalue weighted by molar-refractivity contribution is 7.89. The van der Waals surface area contributed by atoms with Crippen molar-refractivity contribution >= 4 is 27.3 Å². The second-order valence-electron chi connectivity index (χ2n) is 10.3. The van der Waals surface area contributed by atoms with Gasteiger partial charge in [-0.3, -0.25) is 4.79 Å². The Kier molecular flexibility index (Phi) is 8.91. The van der Waals surface area contributed by atoms with Crippen molar-refractivity contribution in [2.24, 2.45) is 5.92 Å². The lowest BCUT2D eigenvalue weighted by Crippen LogP contribution is -2.43. The molecule has 0 saturated carbocycles. The number of benzene rings is 2. The molecule has 0 N–H and O–H groups in total. The van der Waals surface area contributed by atoms with Gasteiger partial charge in [-0.25, -0.2) is 8.42 Å². The molecule has 0 unspecified atom stereocenters. The van der Waals surface area contributed by atoms with E-state index >= 15 is 0 Å². The quantitative estimate of drug-likeness (QED) is 0.339. The second-order valence-corrected chi connectivity index (χ2v) is 13.3. The highest BCUT2D eigenvalue weighted by Gasteiger charge is 2.30. The summed E-state index contributed by atoms with van der Waals surface area (Å²) in [7, 11) is -3.83. The zero-order chi connectivity index (χ0) is 25.6. The van der Waals surface area contributed by atoms with E-state index in [2.05, 4.69) is 20.8 Å². The van der Waals surface area contributed by atoms with Crippen LogP contribution >= 0.6 is 11.3 Å². The molecular weight excluding hydrogens is 476 g/mol. The fourth-order valence-electron chi connectivity index (χ4n) is 3.81. The topological polar surface area (TPSA) is 57.7 Å². The molecule has 35 heavy (non-hydrogen) atoms. The average molecular weight is 513 g/mol. The van der Waals surface area contributed by atoms with Gasteiger partial charge in [0, 0.05) is 18.0 Å². The van der Waals surface area contributed by atoms with Gasteiger partial charge in [-0.05, 0) is 46.0 Å². The number of nitrogens with zero attached hydrogens (tertiary/aromatic N) is 2. The maximum absolute atomic E-state index is 13.6. The Morgan fingerprint density at radius 3 is 2.11 bits per heavy atom. The SMILES string of the molecule is CC(C)CN(CC(=O)N(Cc1ccccc1)Cc1cccs1)S(=O)(=O)c1ccc(C(C)(C)C)cc1. The fraction of sp³-hybridized carbons (Fsp3) is 0.393. The van der Waals surface area contributed by atoms with Gasteiger partial charge in [0.15, 0.2) is 0 Å². The van der Waals surface area contributed by atoms with Crippen molar-refractivity contribution in [3.63, 3.8) is 0 Å². The van der Waals surface area contributed by atoms with Crippen LogP contribution in [0.5, 0.6) is 0 Å². The third-order valence-corrected chi connectivity index (χ3v) is 8.42. The smallest absolute Gasteiger partial charge is 0.243 e. The van der Waals surface area contributed by atoms with E-state index in [1.807, 2.05) is 73.8 Å². The molecule has 0 fully saturated rings. The van der Waals surface area contributed by atoms with E-state index in [-0.39, 0.29) is 35.2 Å². The minimum Gasteiger partial charge on any atom is -0.332 e. The first-order chi connectivity index (χ1) is 16.5. The standard InChI is InChI=1S/C28H36N2O3S2/c1-22(2)18-30(35(32,33)26-15-13-24(14-16-26)28(3,4)5)21-27(31)29(20-25-12-9-17-34-25)19-23-10-7-6-8-11-23/h6-17,22H,18-21H2,1-5H3. The van der Waals surface area contributed by atoms with E-state index in [0.717, 1.165) is 16.0 Å². The van der Waals surface area contributed by atoms with E-state index in [4.69, 9.17) is 0 Å². The number of amides is 1. The van der Waals surface area contributed by atoms with Crippen LogP contribution in [0.15, 0.2) is 77.0 Å². The highest BCUT2D eigenvalue weighted by atomic mass is 32.2. The molecule has 0 spiro atoms. The molecule has 0 radical (unpaired) electrons. The summed E-state index contributed by atoms with van der Waals surface area (Å²) >= 11 is 1.59. The molecule has 3 rings (SSSR count). The van der Waals surface area contributed by atoms with Crippen LogP contribution in [-0.2, 0) is 33.3 Å². The lowest BCUT2D eigenvalue weighted by atomic mass is 9.87. The maximum Gasteiger partial charge on any atom is 0.243 e. The summed E-state index contributed by atoms with van der Waals surface area (Å²) in [6.45, 7) is 11.1. The van der Waals surface area contributed by atoms with E-state index in [9.17, 15) is 13.2 Å². The van der Waals surface area contributed by atoms with Gasteiger partial charge in [-0.15, -0.1) is 11.3 Å². The summed E-state index contributed by atoms with van der Waals surface area (Å²) in [5.41, 5.74) is 2.00. The Morgan fingerprint density at radius 1 is 0.914 bits per heavy atom. The number of thiophene rings is 1. The Morgan fingerprint density at radius 2 is 1.57 bits per heavy atom. The number of rotatable bonds is 10.